The van der Waals surface area contributed by atoms with Crippen LogP contribution < -0.4 is 5.32 Å². The van der Waals surface area contributed by atoms with Gasteiger partial charge in [0.15, 0.2) is 0 Å². The number of hydrogen-bond acceptors (Lipinski definition) is 5. The number of benzene rings is 1. The van der Waals surface area contributed by atoms with E-state index in [1.807, 2.05) is 18.2 Å². The number of amides is 1. The Kier molecular flexibility index (Phi) is 4.54. The predicted octanol–water partition coefficient (Wildman–Crippen LogP) is 1.69. The highest BCUT2D eigenvalue weighted by atomic mass is 35.5. The SMILES string of the molecule is N#Cc1ncn(CC(=O)Nc2ccnn2Cc2ccccc2Cl)n1. The number of hydrogen-bond donors (Lipinski definition) is 1. The van der Waals surface area contributed by atoms with Crippen LogP contribution in [0.2, 0.25) is 5.02 Å². The van der Waals surface area contributed by atoms with Crippen LogP contribution >= 0.6 is 11.6 Å². The Morgan fingerprint density at radius 3 is 2.92 bits per heavy atom. The maximum atomic E-state index is 12.1. The minimum absolute atomic E-state index is 0.0200. The monoisotopic (exact) mass is 341 g/mol. The van der Waals surface area contributed by atoms with Gasteiger partial charge in [-0.15, -0.1) is 5.10 Å². The van der Waals surface area contributed by atoms with Gasteiger partial charge in [-0.3, -0.25) is 4.79 Å². The third kappa shape index (κ3) is 3.59. The number of nitriles is 1. The molecule has 3 rings (SSSR count). The quantitative estimate of drug-likeness (QED) is 0.760. The minimum Gasteiger partial charge on any atom is -0.309 e. The fraction of sp³-hybridized carbons (Fsp3) is 0.133. The molecule has 2 aromatic heterocycles. The highest BCUT2D eigenvalue weighted by molar-refractivity contribution is 6.31. The van der Waals surface area contributed by atoms with Crippen molar-refractivity contribution in [3.63, 3.8) is 0 Å². The molecule has 3 aromatic rings. The first-order valence-electron chi connectivity index (χ1n) is 7.00. The Morgan fingerprint density at radius 1 is 1.33 bits per heavy atom. The second-order valence-corrected chi connectivity index (χ2v) is 5.30. The fourth-order valence-electron chi connectivity index (χ4n) is 2.10. The third-order valence-electron chi connectivity index (χ3n) is 3.20. The third-order valence-corrected chi connectivity index (χ3v) is 3.57. The molecular formula is C15H12ClN7O. The number of anilines is 1. The zero-order valence-electron chi connectivity index (χ0n) is 12.4. The molecule has 0 spiro atoms. The van der Waals surface area contributed by atoms with E-state index in [-0.39, 0.29) is 18.3 Å². The van der Waals surface area contributed by atoms with E-state index in [0.717, 1.165) is 5.56 Å². The van der Waals surface area contributed by atoms with Gasteiger partial charge in [-0.2, -0.15) is 10.4 Å². The predicted molar refractivity (Wildman–Crippen MR) is 86.1 cm³/mol. The summed E-state index contributed by atoms with van der Waals surface area (Å²) in [4.78, 5) is 15.8. The lowest BCUT2D eigenvalue weighted by molar-refractivity contribution is -0.117. The Morgan fingerprint density at radius 2 is 2.17 bits per heavy atom. The van der Waals surface area contributed by atoms with Crippen LogP contribution in [-0.2, 0) is 17.9 Å². The molecule has 0 bridgehead atoms. The highest BCUT2D eigenvalue weighted by Crippen LogP contribution is 2.18. The molecule has 24 heavy (non-hydrogen) atoms. The first-order chi connectivity index (χ1) is 11.7. The van der Waals surface area contributed by atoms with Gasteiger partial charge in [-0.1, -0.05) is 29.8 Å². The number of nitrogens with one attached hydrogen (secondary N) is 1. The topological polar surface area (TPSA) is 101 Å². The Balaban J connectivity index is 1.68. The van der Waals surface area contributed by atoms with Gasteiger partial charge in [0.1, 0.15) is 24.8 Å². The smallest absolute Gasteiger partial charge is 0.252 e. The van der Waals surface area contributed by atoms with E-state index >= 15 is 0 Å². The first kappa shape index (κ1) is 15.7. The molecular weight excluding hydrogens is 330 g/mol. The summed E-state index contributed by atoms with van der Waals surface area (Å²) < 4.78 is 2.93. The maximum absolute atomic E-state index is 12.1. The summed E-state index contributed by atoms with van der Waals surface area (Å²) in [5.74, 6) is 0.261. The molecule has 0 atom stereocenters. The fourth-order valence-corrected chi connectivity index (χ4v) is 2.30. The number of rotatable bonds is 5. The van der Waals surface area contributed by atoms with E-state index < -0.39 is 0 Å². The first-order valence-corrected chi connectivity index (χ1v) is 7.38. The normalized spacial score (nSPS) is 10.3. The van der Waals surface area contributed by atoms with E-state index in [1.54, 1.807) is 29.1 Å². The zero-order chi connectivity index (χ0) is 16.9. The van der Waals surface area contributed by atoms with Crippen LogP contribution in [0.3, 0.4) is 0 Å². The van der Waals surface area contributed by atoms with Crippen molar-refractivity contribution in [3.8, 4) is 6.07 Å². The Bertz CT molecular complexity index is 908. The molecule has 0 saturated carbocycles. The molecule has 120 valence electrons. The summed E-state index contributed by atoms with van der Waals surface area (Å²) in [5, 5.41) is 20.1. The molecule has 1 N–H and O–H groups in total. The Labute approximate surface area is 142 Å². The number of carbonyl (C=O) groups is 1. The van der Waals surface area contributed by atoms with Gasteiger partial charge >= 0.3 is 0 Å². The van der Waals surface area contributed by atoms with Crippen LogP contribution in [0.15, 0.2) is 42.9 Å². The standard InChI is InChI=1S/C15H12ClN7O/c16-12-4-2-1-3-11(12)8-23-14(5-6-19-23)20-15(24)9-22-10-18-13(7-17)21-22/h1-6,10H,8-9H2,(H,20,24). The highest BCUT2D eigenvalue weighted by Gasteiger charge is 2.10. The van der Waals surface area contributed by atoms with Crippen LogP contribution in [0.4, 0.5) is 5.82 Å². The van der Waals surface area contributed by atoms with Gasteiger partial charge in [0, 0.05) is 11.1 Å². The molecule has 0 saturated heterocycles. The summed E-state index contributed by atoms with van der Waals surface area (Å²) >= 11 is 6.15. The van der Waals surface area contributed by atoms with E-state index in [0.29, 0.717) is 17.4 Å². The molecule has 8 nitrogen and oxygen atoms in total. The number of carbonyl (C=O) groups excluding carboxylic acids is 1. The van der Waals surface area contributed by atoms with Crippen molar-refractivity contribution < 1.29 is 4.79 Å². The van der Waals surface area contributed by atoms with Crippen LogP contribution in [0.1, 0.15) is 11.4 Å². The summed E-state index contributed by atoms with van der Waals surface area (Å²) in [5.41, 5.74) is 0.897. The number of halogens is 1. The lowest BCUT2D eigenvalue weighted by Gasteiger charge is -2.10. The molecule has 1 aromatic carbocycles. The van der Waals surface area contributed by atoms with E-state index in [9.17, 15) is 4.79 Å². The van der Waals surface area contributed by atoms with Gasteiger partial charge < -0.3 is 5.32 Å². The molecule has 0 aliphatic rings. The van der Waals surface area contributed by atoms with E-state index in [4.69, 9.17) is 16.9 Å². The van der Waals surface area contributed by atoms with E-state index in [1.165, 1.54) is 11.0 Å². The van der Waals surface area contributed by atoms with Crippen LogP contribution in [0, 0.1) is 11.3 Å². The Hall–Kier alpha value is -3.18. The molecule has 0 unspecified atom stereocenters. The van der Waals surface area contributed by atoms with Crippen molar-refractivity contribution in [1.82, 2.24) is 24.5 Å². The van der Waals surface area contributed by atoms with Crippen LogP contribution in [-0.4, -0.2) is 30.5 Å². The lowest BCUT2D eigenvalue weighted by Crippen LogP contribution is -2.21. The zero-order valence-corrected chi connectivity index (χ0v) is 13.2. The molecule has 9 heteroatoms. The second-order valence-electron chi connectivity index (χ2n) is 4.89. The summed E-state index contributed by atoms with van der Waals surface area (Å²) in [6.45, 7) is 0.385. The molecule has 0 fully saturated rings. The minimum atomic E-state index is -0.301. The van der Waals surface area contributed by atoms with E-state index in [2.05, 4.69) is 20.5 Å². The van der Waals surface area contributed by atoms with Gasteiger partial charge in [0.2, 0.25) is 5.91 Å². The molecule has 0 radical (unpaired) electrons. The van der Waals surface area contributed by atoms with Crippen molar-refractivity contribution in [3.05, 3.63) is 59.3 Å². The number of aromatic nitrogens is 5. The largest absolute Gasteiger partial charge is 0.309 e. The lowest BCUT2D eigenvalue weighted by atomic mass is 10.2. The van der Waals surface area contributed by atoms with Crippen molar-refractivity contribution in [1.29, 1.82) is 5.26 Å². The molecule has 1 amide bonds. The van der Waals surface area contributed by atoms with Crippen molar-refractivity contribution in [2.75, 3.05) is 5.32 Å². The van der Waals surface area contributed by atoms with Crippen molar-refractivity contribution in [2.24, 2.45) is 0 Å². The van der Waals surface area contributed by atoms with Crippen molar-refractivity contribution >= 4 is 23.3 Å². The summed E-state index contributed by atoms with van der Waals surface area (Å²) in [6.07, 6.45) is 2.93. The van der Waals surface area contributed by atoms with Gasteiger partial charge in [-0.05, 0) is 11.6 Å². The molecule has 2 heterocycles. The van der Waals surface area contributed by atoms with Gasteiger partial charge in [0.25, 0.3) is 5.82 Å². The number of nitrogens with zero attached hydrogens (tertiary/aromatic N) is 6. The van der Waals surface area contributed by atoms with Gasteiger partial charge in [-0.25, -0.2) is 14.3 Å². The van der Waals surface area contributed by atoms with Crippen molar-refractivity contribution in [2.45, 2.75) is 13.1 Å². The molecule has 0 aliphatic heterocycles. The van der Waals surface area contributed by atoms with Crippen LogP contribution in [0.5, 0.6) is 0 Å². The molecule has 0 aliphatic carbocycles. The van der Waals surface area contributed by atoms with Gasteiger partial charge in [0.05, 0.1) is 12.7 Å². The average molecular weight is 342 g/mol. The summed E-state index contributed by atoms with van der Waals surface area (Å²) in [6, 6.07) is 10.9. The average Bonchev–Trinajstić information content (AvgIpc) is 3.19. The van der Waals surface area contributed by atoms with Crippen LogP contribution in [0.25, 0.3) is 0 Å². The summed E-state index contributed by atoms with van der Waals surface area (Å²) in [7, 11) is 0. The maximum Gasteiger partial charge on any atom is 0.252 e. The second kappa shape index (κ2) is 6.93.